The monoisotopic (exact) mass is 410 g/mol. The topological polar surface area (TPSA) is 0 Å². The van der Waals surface area contributed by atoms with Crippen LogP contribution in [0.25, 0.3) is 11.1 Å². The van der Waals surface area contributed by atoms with Crippen molar-refractivity contribution >= 4 is 11.1 Å². The van der Waals surface area contributed by atoms with Crippen LogP contribution in [-0.4, -0.2) is 0 Å². The van der Waals surface area contributed by atoms with Crippen molar-refractivity contribution in [2.75, 3.05) is 0 Å². The molecule has 0 saturated carbocycles. The minimum absolute atomic E-state index is 1.22. The number of hydrogen-bond acceptors (Lipinski definition) is 0. The molecule has 0 spiro atoms. The first-order chi connectivity index (χ1) is 15.9. The van der Waals surface area contributed by atoms with Gasteiger partial charge in [0.25, 0.3) is 0 Å². The molecule has 0 fully saturated rings. The predicted octanol–water partition coefficient (Wildman–Crippen LogP) is 8.38. The molecule has 154 valence electrons. The maximum atomic E-state index is 2.19. The molecule has 0 heterocycles. The fourth-order valence-corrected chi connectivity index (χ4v) is 3.71. The molecule has 0 heteroatoms. The van der Waals surface area contributed by atoms with Gasteiger partial charge in [0.2, 0.25) is 0 Å². The van der Waals surface area contributed by atoms with Gasteiger partial charge in [0.05, 0.1) is 0 Å². The van der Waals surface area contributed by atoms with Crippen molar-refractivity contribution in [2.24, 2.45) is 0 Å². The standard InChI is InChI=1S/C26H20.C6H6/c1-5-13-21(14-6-1)25(22-15-7-2-8-16-22)26(23-17-9-3-10-18-23)24-19-11-4-12-20-24;1-2-4-6-5-3-1/h1-20H;1-6H. The van der Waals surface area contributed by atoms with E-state index in [-0.39, 0.29) is 0 Å². The molecule has 0 N–H and O–H groups in total. The van der Waals surface area contributed by atoms with Crippen LogP contribution in [0.15, 0.2) is 158 Å². The third kappa shape index (κ3) is 5.50. The molecule has 0 unspecified atom stereocenters. The van der Waals surface area contributed by atoms with Crippen LogP contribution < -0.4 is 0 Å². The van der Waals surface area contributed by atoms with Crippen molar-refractivity contribution in [1.29, 1.82) is 0 Å². The van der Waals surface area contributed by atoms with Gasteiger partial charge in [-0.3, -0.25) is 0 Å². The van der Waals surface area contributed by atoms with E-state index in [0.29, 0.717) is 0 Å². The maximum absolute atomic E-state index is 2.19. The lowest BCUT2D eigenvalue weighted by atomic mass is 9.86. The van der Waals surface area contributed by atoms with E-state index < -0.39 is 0 Å². The summed E-state index contributed by atoms with van der Waals surface area (Å²) >= 11 is 0. The van der Waals surface area contributed by atoms with Gasteiger partial charge in [-0.15, -0.1) is 0 Å². The quantitative estimate of drug-likeness (QED) is 0.261. The van der Waals surface area contributed by atoms with E-state index in [1.54, 1.807) is 0 Å². The molecule has 5 rings (SSSR count). The van der Waals surface area contributed by atoms with E-state index in [1.165, 1.54) is 33.4 Å². The Hall–Kier alpha value is -4.16. The van der Waals surface area contributed by atoms with Crippen molar-refractivity contribution in [1.82, 2.24) is 0 Å². The summed E-state index contributed by atoms with van der Waals surface area (Å²) in [6.45, 7) is 0. The predicted molar refractivity (Wildman–Crippen MR) is 137 cm³/mol. The van der Waals surface area contributed by atoms with Gasteiger partial charge >= 0.3 is 0 Å². The molecular weight excluding hydrogens is 384 g/mol. The summed E-state index contributed by atoms with van der Waals surface area (Å²) in [6, 6.07) is 54.6. The van der Waals surface area contributed by atoms with Crippen LogP contribution in [-0.2, 0) is 0 Å². The van der Waals surface area contributed by atoms with Crippen LogP contribution in [0, 0.1) is 0 Å². The van der Waals surface area contributed by atoms with Crippen molar-refractivity contribution < 1.29 is 0 Å². The molecule has 0 aromatic heterocycles. The summed E-state index contributed by atoms with van der Waals surface area (Å²) in [5, 5.41) is 0. The largest absolute Gasteiger partial charge is 0.0623 e. The van der Waals surface area contributed by atoms with Gasteiger partial charge in [0, 0.05) is 0 Å². The summed E-state index contributed by atoms with van der Waals surface area (Å²) in [5.41, 5.74) is 7.40. The first-order valence-corrected chi connectivity index (χ1v) is 10.9. The molecule has 0 aliphatic rings. The zero-order chi connectivity index (χ0) is 21.8. The van der Waals surface area contributed by atoms with Crippen LogP contribution in [0.4, 0.5) is 0 Å². The summed E-state index contributed by atoms with van der Waals surface area (Å²) in [5.74, 6) is 0. The van der Waals surface area contributed by atoms with E-state index in [9.17, 15) is 0 Å². The van der Waals surface area contributed by atoms with Crippen molar-refractivity contribution in [3.8, 4) is 0 Å². The van der Waals surface area contributed by atoms with E-state index in [2.05, 4.69) is 121 Å². The van der Waals surface area contributed by atoms with Crippen LogP contribution in [0.1, 0.15) is 22.3 Å². The zero-order valence-electron chi connectivity index (χ0n) is 18.0. The highest BCUT2D eigenvalue weighted by molar-refractivity contribution is 6.04. The Morgan fingerprint density at radius 2 is 0.375 bits per heavy atom. The highest BCUT2D eigenvalue weighted by atomic mass is 14.2. The number of hydrogen-bond donors (Lipinski definition) is 0. The number of rotatable bonds is 4. The Balaban J connectivity index is 0.000000354. The normalized spacial score (nSPS) is 9.88. The summed E-state index contributed by atoms with van der Waals surface area (Å²) in [6.07, 6.45) is 0. The average molecular weight is 411 g/mol. The van der Waals surface area contributed by atoms with Crippen molar-refractivity contribution in [3.05, 3.63) is 180 Å². The zero-order valence-corrected chi connectivity index (χ0v) is 18.0. The van der Waals surface area contributed by atoms with Gasteiger partial charge in [-0.25, -0.2) is 0 Å². The first-order valence-electron chi connectivity index (χ1n) is 10.9. The summed E-state index contributed by atoms with van der Waals surface area (Å²) in [4.78, 5) is 0. The molecule has 5 aromatic carbocycles. The Labute approximate surface area is 191 Å². The van der Waals surface area contributed by atoms with Gasteiger partial charge in [-0.1, -0.05) is 158 Å². The minimum atomic E-state index is 1.22. The Morgan fingerprint density at radius 1 is 0.219 bits per heavy atom. The third-order valence-corrected chi connectivity index (χ3v) is 5.17. The lowest BCUT2D eigenvalue weighted by Gasteiger charge is -2.18. The maximum Gasteiger partial charge on any atom is -0.00268 e. The highest BCUT2D eigenvalue weighted by Crippen LogP contribution is 2.36. The van der Waals surface area contributed by atoms with Crippen molar-refractivity contribution in [2.45, 2.75) is 0 Å². The first kappa shape index (κ1) is 21.1. The lowest BCUT2D eigenvalue weighted by molar-refractivity contribution is 1.50. The number of benzene rings is 5. The molecule has 0 saturated heterocycles. The van der Waals surface area contributed by atoms with Gasteiger partial charge in [0.15, 0.2) is 0 Å². The van der Waals surface area contributed by atoms with Crippen LogP contribution in [0.3, 0.4) is 0 Å². The molecular formula is C32H26. The minimum Gasteiger partial charge on any atom is -0.0623 e. The van der Waals surface area contributed by atoms with Crippen LogP contribution >= 0.6 is 0 Å². The van der Waals surface area contributed by atoms with Crippen LogP contribution in [0.2, 0.25) is 0 Å². The van der Waals surface area contributed by atoms with Crippen LogP contribution in [0.5, 0.6) is 0 Å². The molecule has 0 aliphatic carbocycles. The smallest absolute Gasteiger partial charge is 0.00268 e. The second-order valence-corrected chi connectivity index (χ2v) is 7.37. The summed E-state index contributed by atoms with van der Waals surface area (Å²) < 4.78 is 0. The van der Waals surface area contributed by atoms with Gasteiger partial charge in [-0.05, 0) is 33.4 Å². The van der Waals surface area contributed by atoms with E-state index in [4.69, 9.17) is 0 Å². The van der Waals surface area contributed by atoms with E-state index in [1.807, 2.05) is 36.4 Å². The van der Waals surface area contributed by atoms with Crippen molar-refractivity contribution in [3.63, 3.8) is 0 Å². The Kier molecular flexibility index (Phi) is 7.44. The highest BCUT2D eigenvalue weighted by Gasteiger charge is 2.15. The second-order valence-electron chi connectivity index (χ2n) is 7.37. The van der Waals surface area contributed by atoms with Gasteiger partial charge in [0.1, 0.15) is 0 Å². The fraction of sp³-hybridized carbons (Fsp3) is 0. The molecule has 0 nitrogen and oxygen atoms in total. The average Bonchev–Trinajstić information content (AvgIpc) is 2.90. The Bertz CT molecular complexity index is 1010. The second kappa shape index (κ2) is 11.3. The Morgan fingerprint density at radius 3 is 0.562 bits per heavy atom. The van der Waals surface area contributed by atoms with Gasteiger partial charge in [-0.2, -0.15) is 0 Å². The molecule has 0 radical (unpaired) electrons. The molecule has 0 atom stereocenters. The molecule has 5 aromatic rings. The summed E-state index contributed by atoms with van der Waals surface area (Å²) in [7, 11) is 0. The SMILES string of the molecule is c1ccc(C(=C(c2ccccc2)c2ccccc2)c2ccccc2)cc1.c1ccccc1. The molecule has 0 aliphatic heterocycles. The molecule has 0 amide bonds. The van der Waals surface area contributed by atoms with E-state index >= 15 is 0 Å². The fourth-order valence-electron chi connectivity index (χ4n) is 3.71. The molecule has 32 heavy (non-hydrogen) atoms. The van der Waals surface area contributed by atoms with E-state index in [0.717, 1.165) is 0 Å². The third-order valence-electron chi connectivity index (χ3n) is 5.17. The van der Waals surface area contributed by atoms with Gasteiger partial charge < -0.3 is 0 Å². The molecule has 0 bridgehead atoms. The lowest BCUT2D eigenvalue weighted by Crippen LogP contribution is -1.97.